The van der Waals surface area contributed by atoms with Crippen molar-refractivity contribution in [3.05, 3.63) is 35.6 Å². The summed E-state index contributed by atoms with van der Waals surface area (Å²) in [6.07, 6.45) is 1.67. The first kappa shape index (κ1) is 17.2. The average molecular weight is 328 g/mol. The van der Waals surface area contributed by atoms with E-state index in [1.165, 1.54) is 6.07 Å². The van der Waals surface area contributed by atoms with Crippen molar-refractivity contribution in [2.75, 3.05) is 39.3 Å². The summed E-state index contributed by atoms with van der Waals surface area (Å²) in [6.45, 7) is 5.23. The third-order valence-corrected chi connectivity index (χ3v) is 4.42. The van der Waals surface area contributed by atoms with Gasteiger partial charge in [0.2, 0.25) is 5.91 Å². The number of halogens is 2. The number of amides is 1. The largest absolute Gasteiger partial charge is 0.341 e. The Morgan fingerprint density at radius 3 is 2.86 bits per heavy atom. The van der Waals surface area contributed by atoms with Gasteiger partial charge in [-0.2, -0.15) is 0 Å². The van der Waals surface area contributed by atoms with Crippen molar-refractivity contribution in [2.45, 2.75) is 18.9 Å². The molecule has 3 rings (SSSR count). The zero-order valence-electron chi connectivity index (χ0n) is 12.6. The lowest BCUT2D eigenvalue weighted by Crippen LogP contribution is -2.48. The summed E-state index contributed by atoms with van der Waals surface area (Å²) in [5.74, 6) is 0.0835. The second kappa shape index (κ2) is 7.90. The Bertz CT molecular complexity index is 514. The smallest absolute Gasteiger partial charge is 0.222 e. The van der Waals surface area contributed by atoms with Gasteiger partial charge in [-0.25, -0.2) is 4.39 Å². The van der Waals surface area contributed by atoms with Crippen LogP contribution in [0.5, 0.6) is 0 Å². The van der Waals surface area contributed by atoms with Crippen LogP contribution in [0.3, 0.4) is 0 Å². The van der Waals surface area contributed by atoms with Crippen LogP contribution in [0.4, 0.5) is 4.39 Å². The number of benzene rings is 1. The maximum absolute atomic E-state index is 13.4. The summed E-state index contributed by atoms with van der Waals surface area (Å²) >= 11 is 0. The van der Waals surface area contributed by atoms with Gasteiger partial charge in [0.05, 0.1) is 0 Å². The molecule has 1 atom stereocenters. The molecule has 0 saturated carbocycles. The van der Waals surface area contributed by atoms with Crippen molar-refractivity contribution >= 4 is 18.3 Å². The fourth-order valence-electron chi connectivity index (χ4n) is 3.25. The maximum Gasteiger partial charge on any atom is 0.222 e. The highest BCUT2D eigenvalue weighted by atomic mass is 35.5. The summed E-state index contributed by atoms with van der Waals surface area (Å²) in [5.41, 5.74) is 1.01. The Morgan fingerprint density at radius 2 is 2.14 bits per heavy atom. The molecule has 122 valence electrons. The van der Waals surface area contributed by atoms with Crippen molar-refractivity contribution in [1.82, 2.24) is 15.1 Å². The molecule has 1 amide bonds. The molecule has 0 bridgehead atoms. The van der Waals surface area contributed by atoms with Crippen LogP contribution in [0.25, 0.3) is 0 Å². The molecule has 2 fully saturated rings. The van der Waals surface area contributed by atoms with Crippen LogP contribution >= 0.6 is 12.4 Å². The Balaban J connectivity index is 0.00000176. The zero-order chi connectivity index (χ0) is 14.7. The fraction of sp³-hybridized carbons (Fsp3) is 0.562. The van der Waals surface area contributed by atoms with Gasteiger partial charge in [0.15, 0.2) is 0 Å². The van der Waals surface area contributed by atoms with Gasteiger partial charge in [0.1, 0.15) is 5.82 Å². The van der Waals surface area contributed by atoms with Gasteiger partial charge in [-0.3, -0.25) is 9.69 Å². The first-order chi connectivity index (χ1) is 10.2. The van der Waals surface area contributed by atoms with Gasteiger partial charge < -0.3 is 10.2 Å². The van der Waals surface area contributed by atoms with Gasteiger partial charge in [-0.15, -0.1) is 12.4 Å². The Hall–Kier alpha value is -1.17. The number of carbonyl (C=O) groups is 1. The summed E-state index contributed by atoms with van der Waals surface area (Å²) in [7, 11) is 0. The maximum atomic E-state index is 13.4. The molecule has 2 aliphatic rings. The van der Waals surface area contributed by atoms with E-state index in [0.29, 0.717) is 6.42 Å². The van der Waals surface area contributed by atoms with Gasteiger partial charge >= 0.3 is 0 Å². The molecular weight excluding hydrogens is 305 g/mol. The van der Waals surface area contributed by atoms with Crippen molar-refractivity contribution < 1.29 is 9.18 Å². The van der Waals surface area contributed by atoms with Crippen molar-refractivity contribution in [1.29, 1.82) is 0 Å². The minimum Gasteiger partial charge on any atom is -0.341 e. The van der Waals surface area contributed by atoms with Crippen molar-refractivity contribution in [3.8, 4) is 0 Å². The third-order valence-electron chi connectivity index (χ3n) is 4.42. The van der Waals surface area contributed by atoms with E-state index in [1.54, 1.807) is 12.1 Å². The summed E-state index contributed by atoms with van der Waals surface area (Å²) < 4.78 is 13.4. The highest BCUT2D eigenvalue weighted by molar-refractivity contribution is 5.85. The van der Waals surface area contributed by atoms with Crippen molar-refractivity contribution in [3.63, 3.8) is 0 Å². The number of likely N-dealkylation sites (tertiary alicyclic amines) is 1. The van der Waals surface area contributed by atoms with E-state index < -0.39 is 0 Å². The molecule has 6 heteroatoms. The SMILES string of the molecule is Cl.O=C1CCCN1CCN1CCNCC1c1cccc(F)c1. The standard InChI is InChI=1S/C16H22FN3O.ClH/c17-14-4-1-3-13(11-14)15-12-18-6-8-19(15)9-10-20-7-2-5-16(20)21;/h1,3-4,11,15,18H,2,5-10,12H2;1H. The van der Waals surface area contributed by atoms with E-state index in [1.807, 2.05) is 11.0 Å². The predicted molar refractivity (Wildman–Crippen MR) is 86.6 cm³/mol. The molecule has 0 aliphatic carbocycles. The van der Waals surface area contributed by atoms with Gasteiger partial charge in [0.25, 0.3) is 0 Å². The first-order valence-corrected chi connectivity index (χ1v) is 7.72. The van der Waals surface area contributed by atoms with Crippen LogP contribution in [-0.4, -0.2) is 55.0 Å². The van der Waals surface area contributed by atoms with Crippen molar-refractivity contribution in [2.24, 2.45) is 0 Å². The quantitative estimate of drug-likeness (QED) is 0.916. The third kappa shape index (κ3) is 3.97. The number of nitrogens with one attached hydrogen (secondary N) is 1. The molecule has 2 saturated heterocycles. The van der Waals surface area contributed by atoms with Crippen LogP contribution in [0.15, 0.2) is 24.3 Å². The fourth-order valence-corrected chi connectivity index (χ4v) is 3.25. The molecule has 2 aliphatic heterocycles. The number of piperazine rings is 1. The Kier molecular flexibility index (Phi) is 6.17. The molecule has 2 heterocycles. The average Bonchev–Trinajstić information content (AvgIpc) is 2.91. The van der Waals surface area contributed by atoms with E-state index >= 15 is 0 Å². The number of rotatable bonds is 4. The number of hydrogen-bond donors (Lipinski definition) is 1. The highest BCUT2D eigenvalue weighted by Crippen LogP contribution is 2.23. The monoisotopic (exact) mass is 327 g/mol. The van der Waals surface area contributed by atoms with Crippen LogP contribution in [-0.2, 0) is 4.79 Å². The normalized spacial score (nSPS) is 22.7. The first-order valence-electron chi connectivity index (χ1n) is 7.72. The molecule has 1 N–H and O–H groups in total. The molecule has 0 spiro atoms. The van der Waals surface area contributed by atoms with Gasteiger partial charge in [-0.05, 0) is 24.1 Å². The minimum atomic E-state index is -0.187. The number of nitrogens with zero attached hydrogens (tertiary/aromatic N) is 2. The molecule has 0 radical (unpaired) electrons. The number of carbonyl (C=O) groups excluding carboxylic acids is 1. The molecule has 1 aromatic carbocycles. The second-order valence-corrected chi connectivity index (χ2v) is 5.80. The lowest BCUT2D eigenvalue weighted by atomic mass is 10.0. The van der Waals surface area contributed by atoms with Gasteiger partial charge in [-0.1, -0.05) is 12.1 Å². The molecule has 22 heavy (non-hydrogen) atoms. The predicted octanol–water partition coefficient (Wildman–Crippen LogP) is 1.82. The Morgan fingerprint density at radius 1 is 1.27 bits per heavy atom. The van der Waals surface area contributed by atoms with Crippen LogP contribution in [0.2, 0.25) is 0 Å². The van der Waals surface area contributed by atoms with E-state index in [0.717, 1.165) is 51.3 Å². The molecule has 1 unspecified atom stereocenters. The molecule has 0 aromatic heterocycles. The van der Waals surface area contributed by atoms with E-state index in [2.05, 4.69) is 10.2 Å². The van der Waals surface area contributed by atoms with E-state index in [9.17, 15) is 9.18 Å². The molecular formula is C16H23ClFN3O. The topological polar surface area (TPSA) is 35.6 Å². The van der Waals surface area contributed by atoms with Gasteiger partial charge in [0, 0.05) is 51.7 Å². The number of hydrogen-bond acceptors (Lipinski definition) is 3. The lowest BCUT2D eigenvalue weighted by molar-refractivity contribution is -0.127. The molecule has 4 nitrogen and oxygen atoms in total. The lowest BCUT2D eigenvalue weighted by Gasteiger charge is -2.37. The van der Waals surface area contributed by atoms with Crippen LogP contribution in [0.1, 0.15) is 24.4 Å². The van der Waals surface area contributed by atoms with E-state index in [4.69, 9.17) is 0 Å². The van der Waals surface area contributed by atoms with E-state index in [-0.39, 0.29) is 30.2 Å². The zero-order valence-corrected chi connectivity index (χ0v) is 13.4. The summed E-state index contributed by atoms with van der Waals surface area (Å²) in [4.78, 5) is 16.0. The summed E-state index contributed by atoms with van der Waals surface area (Å²) in [6, 6.07) is 7.03. The van der Waals surface area contributed by atoms with Crippen LogP contribution in [0, 0.1) is 5.82 Å². The second-order valence-electron chi connectivity index (χ2n) is 5.80. The highest BCUT2D eigenvalue weighted by Gasteiger charge is 2.26. The summed E-state index contributed by atoms with van der Waals surface area (Å²) in [5, 5.41) is 3.37. The molecule has 1 aromatic rings. The Labute approximate surface area is 137 Å². The minimum absolute atomic E-state index is 0. The van der Waals surface area contributed by atoms with Crippen LogP contribution < -0.4 is 5.32 Å².